The molecule has 1 amide bonds. The van der Waals surface area contributed by atoms with Crippen molar-refractivity contribution in [2.24, 2.45) is 5.92 Å². The number of carbonyl (C=O) groups is 2. The molecule has 7 nitrogen and oxygen atoms in total. The van der Waals surface area contributed by atoms with Gasteiger partial charge in [-0.3, -0.25) is 9.59 Å². The van der Waals surface area contributed by atoms with Gasteiger partial charge in [-0.1, -0.05) is 13.8 Å². The Morgan fingerprint density at radius 2 is 1.90 bits per heavy atom. The Bertz CT molecular complexity index is 473. The summed E-state index contributed by atoms with van der Waals surface area (Å²) >= 11 is 0. The Morgan fingerprint density at radius 1 is 1.29 bits per heavy atom. The van der Waals surface area contributed by atoms with Gasteiger partial charge in [0.25, 0.3) is 0 Å². The topological polar surface area (TPSA) is 92.8 Å². The first kappa shape index (κ1) is 17.9. The van der Waals surface area contributed by atoms with Gasteiger partial charge < -0.3 is 4.74 Å². The average Bonchev–Trinajstić information content (AvgIpc) is 2.90. The molecule has 1 N–H and O–H groups in total. The fraction of sp³-hybridized carbons (Fsp3) is 0.846. The quantitative estimate of drug-likeness (QED) is 0.701. The molecule has 0 aromatic rings. The van der Waals surface area contributed by atoms with Crippen LogP contribution in [0.25, 0.3) is 0 Å². The predicted octanol–water partition coefficient (Wildman–Crippen LogP) is 0.811. The molecule has 1 fully saturated rings. The highest BCUT2D eigenvalue weighted by atomic mass is 32.2. The van der Waals surface area contributed by atoms with E-state index in [4.69, 9.17) is 4.74 Å². The zero-order chi connectivity index (χ0) is 16.0. The highest BCUT2D eigenvalue weighted by molar-refractivity contribution is 7.87. The lowest BCUT2D eigenvalue weighted by atomic mass is 10.0. The maximum atomic E-state index is 12.3. The summed E-state index contributed by atoms with van der Waals surface area (Å²) in [6.07, 6.45) is 2.13. The minimum Gasteiger partial charge on any atom is -0.465 e. The summed E-state index contributed by atoms with van der Waals surface area (Å²) in [5.41, 5.74) is 0. The molecule has 1 aliphatic heterocycles. The van der Waals surface area contributed by atoms with Gasteiger partial charge in [0, 0.05) is 12.5 Å². The molecule has 0 saturated carbocycles. The van der Waals surface area contributed by atoms with Gasteiger partial charge in [0.15, 0.2) is 0 Å². The van der Waals surface area contributed by atoms with E-state index in [1.807, 2.05) is 13.8 Å². The summed E-state index contributed by atoms with van der Waals surface area (Å²) in [5, 5.41) is 0. The lowest BCUT2D eigenvalue weighted by Gasteiger charge is -2.23. The third-order valence-electron chi connectivity index (χ3n) is 3.66. The monoisotopic (exact) mass is 320 g/mol. The van der Waals surface area contributed by atoms with Crippen molar-refractivity contribution in [3.05, 3.63) is 0 Å². The highest BCUT2D eigenvalue weighted by Gasteiger charge is 2.40. The standard InChI is InChI=1S/C13H24N2O5S/c1-4-10(5-2)12(16)14-21(18,19)15-9-7-8-11(15)13(17)20-6-3/h10-11H,4-9H2,1-3H3,(H,14,16)/t11-/m1/s1. The van der Waals surface area contributed by atoms with Crippen LogP contribution in [-0.4, -0.2) is 43.8 Å². The number of rotatable bonds is 7. The van der Waals surface area contributed by atoms with Gasteiger partial charge >= 0.3 is 16.2 Å². The second-order valence-corrected chi connectivity index (χ2v) is 6.63. The van der Waals surface area contributed by atoms with Crippen LogP contribution in [0.5, 0.6) is 0 Å². The van der Waals surface area contributed by atoms with E-state index in [-0.39, 0.29) is 19.1 Å². The first-order valence-electron chi connectivity index (χ1n) is 7.37. The molecule has 1 heterocycles. The third kappa shape index (κ3) is 4.41. The van der Waals surface area contributed by atoms with E-state index in [9.17, 15) is 18.0 Å². The normalized spacial score (nSPS) is 19.7. The predicted molar refractivity (Wildman–Crippen MR) is 77.5 cm³/mol. The van der Waals surface area contributed by atoms with Crippen LogP contribution in [0, 0.1) is 5.92 Å². The Kier molecular flexibility index (Phi) is 6.60. The van der Waals surface area contributed by atoms with Crippen molar-refractivity contribution in [2.75, 3.05) is 13.2 Å². The first-order chi connectivity index (χ1) is 9.87. The van der Waals surface area contributed by atoms with Crippen LogP contribution in [0.1, 0.15) is 46.5 Å². The summed E-state index contributed by atoms with van der Waals surface area (Å²) in [6.45, 7) is 5.74. The molecule has 0 unspecified atom stereocenters. The van der Waals surface area contributed by atoms with Gasteiger partial charge in [-0.15, -0.1) is 0 Å². The van der Waals surface area contributed by atoms with Crippen molar-refractivity contribution in [3.63, 3.8) is 0 Å². The minimum absolute atomic E-state index is 0.198. The van der Waals surface area contributed by atoms with E-state index in [0.29, 0.717) is 25.7 Å². The second kappa shape index (κ2) is 7.74. The molecule has 1 atom stereocenters. The SMILES string of the molecule is CCOC(=O)[C@H]1CCCN1S(=O)(=O)NC(=O)C(CC)CC. The van der Waals surface area contributed by atoms with Crippen LogP contribution >= 0.6 is 0 Å². The Balaban J connectivity index is 2.81. The molecule has 1 aliphatic rings. The van der Waals surface area contributed by atoms with Crippen molar-refractivity contribution < 1.29 is 22.7 Å². The van der Waals surface area contributed by atoms with Gasteiger partial charge in [0.05, 0.1) is 6.61 Å². The van der Waals surface area contributed by atoms with E-state index < -0.39 is 28.1 Å². The average molecular weight is 320 g/mol. The second-order valence-electron chi connectivity index (χ2n) is 5.01. The van der Waals surface area contributed by atoms with Crippen molar-refractivity contribution in [1.82, 2.24) is 9.03 Å². The van der Waals surface area contributed by atoms with E-state index in [1.54, 1.807) is 6.92 Å². The fourth-order valence-electron chi connectivity index (χ4n) is 2.43. The molecule has 0 aromatic heterocycles. The summed E-state index contributed by atoms with van der Waals surface area (Å²) in [5.74, 6) is -1.42. The largest absolute Gasteiger partial charge is 0.465 e. The van der Waals surface area contributed by atoms with Gasteiger partial charge in [-0.25, -0.2) is 4.72 Å². The minimum atomic E-state index is -4.00. The zero-order valence-electron chi connectivity index (χ0n) is 12.8. The summed E-state index contributed by atoms with van der Waals surface area (Å²) in [7, 11) is -4.00. The van der Waals surface area contributed by atoms with Crippen molar-refractivity contribution in [3.8, 4) is 0 Å². The van der Waals surface area contributed by atoms with E-state index >= 15 is 0 Å². The lowest BCUT2D eigenvalue weighted by Crippen LogP contribution is -2.49. The van der Waals surface area contributed by atoms with Gasteiger partial charge in [-0.2, -0.15) is 12.7 Å². The Morgan fingerprint density at radius 3 is 2.43 bits per heavy atom. The molecule has 0 radical (unpaired) electrons. The van der Waals surface area contributed by atoms with Crippen molar-refractivity contribution in [2.45, 2.75) is 52.5 Å². The van der Waals surface area contributed by atoms with Crippen LogP contribution in [0.15, 0.2) is 0 Å². The number of carbonyl (C=O) groups excluding carboxylic acids is 2. The van der Waals surface area contributed by atoms with Crippen LogP contribution < -0.4 is 4.72 Å². The molecule has 0 aliphatic carbocycles. The van der Waals surface area contributed by atoms with Crippen molar-refractivity contribution >= 4 is 22.1 Å². The van der Waals surface area contributed by atoms with Crippen molar-refractivity contribution in [1.29, 1.82) is 0 Å². The number of esters is 1. The number of nitrogens with one attached hydrogen (secondary N) is 1. The lowest BCUT2D eigenvalue weighted by molar-refractivity contribution is -0.147. The van der Waals surface area contributed by atoms with Gasteiger partial charge in [0.2, 0.25) is 5.91 Å². The van der Waals surface area contributed by atoms with Gasteiger partial charge in [0.1, 0.15) is 6.04 Å². The van der Waals surface area contributed by atoms with Crippen LogP contribution in [0.3, 0.4) is 0 Å². The summed E-state index contributed by atoms with van der Waals surface area (Å²) < 4.78 is 32.6. The highest BCUT2D eigenvalue weighted by Crippen LogP contribution is 2.22. The van der Waals surface area contributed by atoms with Crippen LogP contribution in [-0.2, 0) is 24.5 Å². The van der Waals surface area contributed by atoms with E-state index in [2.05, 4.69) is 4.72 Å². The number of amides is 1. The van der Waals surface area contributed by atoms with E-state index in [0.717, 1.165) is 4.31 Å². The number of hydrogen-bond acceptors (Lipinski definition) is 5. The maximum absolute atomic E-state index is 12.3. The van der Waals surface area contributed by atoms with E-state index in [1.165, 1.54) is 0 Å². The maximum Gasteiger partial charge on any atom is 0.324 e. The Labute approximate surface area is 126 Å². The Hall–Kier alpha value is -1.15. The molecule has 21 heavy (non-hydrogen) atoms. The first-order valence-corrected chi connectivity index (χ1v) is 8.81. The number of nitrogens with zero attached hydrogens (tertiary/aromatic N) is 1. The molecule has 0 bridgehead atoms. The molecule has 8 heteroatoms. The third-order valence-corrected chi connectivity index (χ3v) is 5.17. The molecular weight excluding hydrogens is 296 g/mol. The van der Waals surface area contributed by atoms with Crippen LogP contribution in [0.2, 0.25) is 0 Å². The molecule has 1 rings (SSSR count). The number of ether oxygens (including phenoxy) is 1. The smallest absolute Gasteiger partial charge is 0.324 e. The molecule has 0 spiro atoms. The summed E-state index contributed by atoms with van der Waals surface area (Å²) in [4.78, 5) is 23.7. The molecule has 122 valence electrons. The number of hydrogen-bond donors (Lipinski definition) is 1. The molecule has 0 aromatic carbocycles. The van der Waals surface area contributed by atoms with Crippen LogP contribution in [0.4, 0.5) is 0 Å². The molecule has 1 saturated heterocycles. The molecular formula is C13H24N2O5S. The summed E-state index contributed by atoms with van der Waals surface area (Å²) in [6, 6.07) is -0.836. The van der Waals surface area contributed by atoms with Gasteiger partial charge in [-0.05, 0) is 32.6 Å². The zero-order valence-corrected chi connectivity index (χ0v) is 13.6. The fourth-order valence-corrected chi connectivity index (χ4v) is 3.86.